The molecule has 2 aromatic carbocycles. The fraction of sp³-hybridized carbons (Fsp3) is 0.391. The molecular weight excluding hydrogens is 466 g/mol. The van der Waals surface area contributed by atoms with Crippen LogP contribution in [0.2, 0.25) is 5.02 Å². The van der Waals surface area contributed by atoms with Gasteiger partial charge in [0.15, 0.2) is 0 Å². The second kappa shape index (κ2) is 10.5. The number of rotatable bonds is 8. The summed E-state index contributed by atoms with van der Waals surface area (Å²) in [6.45, 7) is 5.72. The molecule has 0 saturated carbocycles. The standard InChI is InChI=1S/C23H28ClN3O5S/c1-4-27(5-2)33(30,31)21-15-16(8-10-18(21)24)22(28)25-19-14-17(23(29)32-3)9-11-20(19)26-12-6-7-13-26/h8-11,14-15H,4-7,12-13H2,1-3H3,(H,25,28). The SMILES string of the molecule is CCN(CC)S(=O)(=O)c1cc(C(=O)Nc2cc(C(=O)OC)ccc2N2CCCC2)ccc1Cl. The molecule has 1 amide bonds. The molecule has 3 rings (SSSR count). The van der Waals surface area contributed by atoms with Gasteiger partial charge in [-0.05, 0) is 49.2 Å². The van der Waals surface area contributed by atoms with Gasteiger partial charge in [0.25, 0.3) is 5.91 Å². The van der Waals surface area contributed by atoms with E-state index in [-0.39, 0.29) is 28.6 Å². The van der Waals surface area contributed by atoms with E-state index in [9.17, 15) is 18.0 Å². The van der Waals surface area contributed by atoms with Crippen LogP contribution in [0.25, 0.3) is 0 Å². The minimum absolute atomic E-state index is 0.0453. The predicted octanol–water partition coefficient (Wildman–Crippen LogP) is 4.01. The third-order valence-electron chi connectivity index (χ3n) is 5.63. The lowest BCUT2D eigenvalue weighted by atomic mass is 10.1. The summed E-state index contributed by atoms with van der Waals surface area (Å²) in [5.41, 5.74) is 1.68. The molecule has 2 aromatic rings. The Hall–Kier alpha value is -2.62. The van der Waals surface area contributed by atoms with E-state index >= 15 is 0 Å². The number of carbonyl (C=O) groups is 2. The molecule has 1 saturated heterocycles. The largest absolute Gasteiger partial charge is 0.465 e. The molecule has 1 aliphatic rings. The summed E-state index contributed by atoms with van der Waals surface area (Å²) in [7, 11) is -2.56. The minimum atomic E-state index is -3.85. The number of methoxy groups -OCH3 is 1. The van der Waals surface area contributed by atoms with Gasteiger partial charge in [-0.3, -0.25) is 4.79 Å². The smallest absolute Gasteiger partial charge is 0.337 e. The Bertz CT molecular complexity index is 1140. The van der Waals surface area contributed by atoms with Gasteiger partial charge in [0.1, 0.15) is 4.90 Å². The molecular formula is C23H28ClN3O5S. The first-order valence-corrected chi connectivity index (χ1v) is 12.6. The summed E-state index contributed by atoms with van der Waals surface area (Å²) in [6, 6.07) is 9.17. The Morgan fingerprint density at radius 1 is 1.06 bits per heavy atom. The van der Waals surface area contributed by atoms with Crippen LogP contribution >= 0.6 is 11.6 Å². The van der Waals surface area contributed by atoms with Crippen molar-refractivity contribution in [1.29, 1.82) is 0 Å². The maximum absolute atomic E-state index is 13.1. The highest BCUT2D eigenvalue weighted by atomic mass is 35.5. The first-order chi connectivity index (χ1) is 15.7. The third-order valence-corrected chi connectivity index (χ3v) is 8.16. The van der Waals surface area contributed by atoms with Gasteiger partial charge in [-0.1, -0.05) is 25.4 Å². The van der Waals surface area contributed by atoms with Crippen molar-refractivity contribution in [2.45, 2.75) is 31.6 Å². The topological polar surface area (TPSA) is 96.0 Å². The number of carbonyl (C=O) groups excluding carboxylic acids is 2. The number of anilines is 2. The van der Waals surface area contributed by atoms with Gasteiger partial charge in [0, 0.05) is 31.7 Å². The molecule has 10 heteroatoms. The predicted molar refractivity (Wildman–Crippen MR) is 129 cm³/mol. The molecule has 0 bridgehead atoms. The van der Waals surface area contributed by atoms with Crippen LogP contribution in [0.4, 0.5) is 11.4 Å². The lowest BCUT2D eigenvalue weighted by Crippen LogP contribution is -2.31. The molecule has 0 aromatic heterocycles. The van der Waals surface area contributed by atoms with E-state index in [0.29, 0.717) is 11.3 Å². The molecule has 0 atom stereocenters. The fourth-order valence-corrected chi connectivity index (χ4v) is 5.81. The zero-order valence-electron chi connectivity index (χ0n) is 18.9. The molecule has 8 nitrogen and oxygen atoms in total. The zero-order chi connectivity index (χ0) is 24.2. The maximum atomic E-state index is 13.1. The van der Waals surface area contributed by atoms with Crippen LogP contribution < -0.4 is 10.2 Å². The lowest BCUT2D eigenvalue weighted by molar-refractivity contribution is 0.0600. The van der Waals surface area contributed by atoms with Gasteiger partial charge in [-0.15, -0.1) is 0 Å². The number of sulfonamides is 1. The quantitative estimate of drug-likeness (QED) is 0.558. The summed E-state index contributed by atoms with van der Waals surface area (Å²) < 4.78 is 32.0. The summed E-state index contributed by atoms with van der Waals surface area (Å²) in [6.07, 6.45) is 2.08. The Kier molecular flexibility index (Phi) is 7.99. The van der Waals surface area contributed by atoms with E-state index in [4.69, 9.17) is 16.3 Å². The van der Waals surface area contributed by atoms with E-state index in [2.05, 4.69) is 10.2 Å². The van der Waals surface area contributed by atoms with Crippen molar-refractivity contribution in [3.8, 4) is 0 Å². The third kappa shape index (κ3) is 5.31. The van der Waals surface area contributed by atoms with Crippen molar-refractivity contribution in [1.82, 2.24) is 4.31 Å². The number of halogens is 1. The van der Waals surface area contributed by atoms with E-state index < -0.39 is 21.9 Å². The highest BCUT2D eigenvalue weighted by Crippen LogP contribution is 2.32. The van der Waals surface area contributed by atoms with Crippen LogP contribution in [-0.2, 0) is 14.8 Å². The van der Waals surface area contributed by atoms with E-state index in [0.717, 1.165) is 31.6 Å². The van der Waals surface area contributed by atoms with Gasteiger partial charge < -0.3 is 15.0 Å². The van der Waals surface area contributed by atoms with Crippen molar-refractivity contribution in [3.63, 3.8) is 0 Å². The molecule has 0 radical (unpaired) electrons. The number of amides is 1. The highest BCUT2D eigenvalue weighted by molar-refractivity contribution is 7.89. The van der Waals surface area contributed by atoms with Crippen LogP contribution in [0.1, 0.15) is 47.4 Å². The van der Waals surface area contributed by atoms with Gasteiger partial charge in [-0.2, -0.15) is 4.31 Å². The number of esters is 1. The monoisotopic (exact) mass is 493 g/mol. The zero-order valence-corrected chi connectivity index (χ0v) is 20.5. The molecule has 1 fully saturated rings. The van der Waals surface area contributed by atoms with Gasteiger partial charge in [0.2, 0.25) is 10.0 Å². The molecule has 1 heterocycles. The van der Waals surface area contributed by atoms with Crippen LogP contribution in [-0.4, -0.2) is 57.9 Å². The molecule has 1 aliphatic heterocycles. The number of nitrogens with one attached hydrogen (secondary N) is 1. The van der Waals surface area contributed by atoms with Gasteiger partial charge >= 0.3 is 5.97 Å². The Morgan fingerprint density at radius 3 is 2.30 bits per heavy atom. The maximum Gasteiger partial charge on any atom is 0.337 e. The number of hydrogen-bond acceptors (Lipinski definition) is 6. The summed E-state index contributed by atoms with van der Waals surface area (Å²) >= 11 is 6.19. The van der Waals surface area contributed by atoms with Crippen LogP contribution in [0, 0.1) is 0 Å². The van der Waals surface area contributed by atoms with Crippen molar-refractivity contribution < 1.29 is 22.7 Å². The summed E-state index contributed by atoms with van der Waals surface area (Å²) in [4.78, 5) is 27.2. The molecule has 0 unspecified atom stereocenters. The fourth-order valence-electron chi connectivity index (χ4n) is 3.85. The average molecular weight is 494 g/mol. The van der Waals surface area contributed by atoms with Crippen molar-refractivity contribution in [3.05, 3.63) is 52.5 Å². The number of benzene rings is 2. The van der Waals surface area contributed by atoms with Crippen molar-refractivity contribution in [2.24, 2.45) is 0 Å². The molecule has 178 valence electrons. The Morgan fingerprint density at radius 2 is 1.70 bits per heavy atom. The van der Waals surface area contributed by atoms with Gasteiger partial charge in [0.05, 0.1) is 29.1 Å². The molecule has 0 spiro atoms. The average Bonchev–Trinajstić information content (AvgIpc) is 3.34. The summed E-state index contributed by atoms with van der Waals surface area (Å²) in [5, 5.41) is 2.88. The van der Waals surface area contributed by atoms with Crippen LogP contribution in [0.3, 0.4) is 0 Å². The van der Waals surface area contributed by atoms with E-state index in [1.54, 1.807) is 32.0 Å². The van der Waals surface area contributed by atoms with Crippen LogP contribution in [0.15, 0.2) is 41.3 Å². The highest BCUT2D eigenvalue weighted by Gasteiger charge is 2.26. The van der Waals surface area contributed by atoms with Crippen LogP contribution in [0.5, 0.6) is 0 Å². The second-order valence-electron chi connectivity index (χ2n) is 7.61. The molecule has 33 heavy (non-hydrogen) atoms. The van der Waals surface area contributed by atoms with Crippen molar-refractivity contribution >= 4 is 44.9 Å². The lowest BCUT2D eigenvalue weighted by Gasteiger charge is -2.22. The minimum Gasteiger partial charge on any atom is -0.465 e. The normalized spacial score (nSPS) is 13.9. The van der Waals surface area contributed by atoms with Gasteiger partial charge in [-0.25, -0.2) is 13.2 Å². The number of nitrogens with zero attached hydrogens (tertiary/aromatic N) is 2. The number of hydrogen-bond donors (Lipinski definition) is 1. The second-order valence-corrected chi connectivity index (χ2v) is 9.92. The number of ether oxygens (including phenoxy) is 1. The van der Waals surface area contributed by atoms with E-state index in [1.165, 1.54) is 29.6 Å². The Balaban J connectivity index is 1.98. The first-order valence-electron chi connectivity index (χ1n) is 10.8. The molecule has 1 N–H and O–H groups in total. The summed E-state index contributed by atoms with van der Waals surface area (Å²) in [5.74, 6) is -1.03. The van der Waals surface area contributed by atoms with Crippen molar-refractivity contribution in [2.75, 3.05) is 43.5 Å². The first kappa shape index (κ1) is 25.0. The molecule has 0 aliphatic carbocycles. The Labute approximate surface area is 199 Å². The van der Waals surface area contributed by atoms with E-state index in [1.807, 2.05) is 0 Å².